The molecule has 5 nitrogen and oxygen atoms in total. The van der Waals surface area contributed by atoms with Crippen molar-refractivity contribution in [2.75, 3.05) is 7.11 Å². The molecule has 1 N–H and O–H groups in total. The number of rotatable bonds is 7. The molecular formula is C24H23NO4. The van der Waals surface area contributed by atoms with Crippen LogP contribution < -0.4 is 9.47 Å². The highest BCUT2D eigenvalue weighted by Crippen LogP contribution is 2.29. The van der Waals surface area contributed by atoms with Crippen molar-refractivity contribution in [2.45, 2.75) is 20.5 Å². The topological polar surface area (TPSA) is 68.1 Å². The summed E-state index contributed by atoms with van der Waals surface area (Å²) in [6.07, 6.45) is 1.80. The largest absolute Gasteiger partial charge is 0.493 e. The van der Waals surface area contributed by atoms with E-state index in [1.54, 1.807) is 37.6 Å². The van der Waals surface area contributed by atoms with Crippen LogP contribution in [0, 0.1) is 13.8 Å². The standard InChI is InChI=1S/C24H23NO4/c1-16-4-5-17(2)21(12-16)25-14-19-8-11-22(23(13-19)28-3)29-15-18-6-9-20(10-7-18)24(26)27/h4-14H,15H2,1-3H3,(H,26,27). The highest BCUT2D eigenvalue weighted by atomic mass is 16.5. The van der Waals surface area contributed by atoms with Gasteiger partial charge in [-0.2, -0.15) is 0 Å². The van der Waals surface area contributed by atoms with E-state index in [0.717, 1.165) is 22.4 Å². The van der Waals surface area contributed by atoms with Gasteiger partial charge in [-0.25, -0.2) is 4.79 Å². The summed E-state index contributed by atoms with van der Waals surface area (Å²) in [4.78, 5) is 15.5. The van der Waals surface area contributed by atoms with Crippen molar-refractivity contribution in [2.24, 2.45) is 4.99 Å². The first-order valence-electron chi connectivity index (χ1n) is 9.20. The summed E-state index contributed by atoms with van der Waals surface area (Å²) in [5.41, 5.74) is 5.25. The van der Waals surface area contributed by atoms with Crippen LogP contribution in [-0.2, 0) is 6.61 Å². The maximum Gasteiger partial charge on any atom is 0.335 e. The maximum absolute atomic E-state index is 10.9. The van der Waals surface area contributed by atoms with E-state index in [0.29, 0.717) is 18.1 Å². The quantitative estimate of drug-likeness (QED) is 0.554. The Morgan fingerprint density at radius 3 is 2.45 bits per heavy atom. The molecular weight excluding hydrogens is 366 g/mol. The lowest BCUT2D eigenvalue weighted by Crippen LogP contribution is -2.00. The number of aliphatic imine (C=N–C) groups is 1. The Morgan fingerprint density at radius 2 is 1.76 bits per heavy atom. The van der Waals surface area contributed by atoms with E-state index in [1.807, 2.05) is 32.0 Å². The number of nitrogens with zero attached hydrogens (tertiary/aromatic N) is 1. The van der Waals surface area contributed by atoms with Gasteiger partial charge in [0.15, 0.2) is 11.5 Å². The summed E-state index contributed by atoms with van der Waals surface area (Å²) in [6, 6.07) is 18.4. The molecule has 5 heteroatoms. The highest BCUT2D eigenvalue weighted by molar-refractivity contribution is 5.87. The molecule has 0 aliphatic carbocycles. The number of hydrogen-bond acceptors (Lipinski definition) is 4. The average molecular weight is 389 g/mol. The molecule has 0 saturated carbocycles. The van der Waals surface area contributed by atoms with E-state index in [9.17, 15) is 4.79 Å². The summed E-state index contributed by atoms with van der Waals surface area (Å²) in [5.74, 6) is 0.271. The number of aromatic carboxylic acids is 1. The molecule has 0 saturated heterocycles. The second kappa shape index (κ2) is 9.06. The number of carboxylic acid groups (broad SMARTS) is 1. The minimum Gasteiger partial charge on any atom is -0.493 e. The lowest BCUT2D eigenvalue weighted by molar-refractivity contribution is 0.0697. The van der Waals surface area contributed by atoms with Crippen LogP contribution in [0.4, 0.5) is 5.69 Å². The minimum atomic E-state index is -0.947. The molecule has 3 rings (SSSR count). The number of hydrogen-bond donors (Lipinski definition) is 1. The second-order valence-electron chi connectivity index (χ2n) is 6.75. The van der Waals surface area contributed by atoms with Gasteiger partial charge in [0, 0.05) is 6.21 Å². The van der Waals surface area contributed by atoms with Crippen molar-refractivity contribution in [3.63, 3.8) is 0 Å². The molecule has 3 aromatic carbocycles. The molecule has 0 unspecified atom stereocenters. The van der Waals surface area contributed by atoms with Crippen LogP contribution in [0.2, 0.25) is 0 Å². The average Bonchev–Trinajstić information content (AvgIpc) is 2.73. The van der Waals surface area contributed by atoms with E-state index in [2.05, 4.69) is 23.2 Å². The molecule has 0 fully saturated rings. The first kappa shape index (κ1) is 20.1. The zero-order valence-electron chi connectivity index (χ0n) is 16.7. The Bertz CT molecular complexity index is 1040. The van der Waals surface area contributed by atoms with Gasteiger partial charge in [-0.05, 0) is 72.5 Å². The van der Waals surface area contributed by atoms with Gasteiger partial charge in [-0.1, -0.05) is 24.3 Å². The first-order valence-corrected chi connectivity index (χ1v) is 9.20. The lowest BCUT2D eigenvalue weighted by atomic mass is 10.1. The monoisotopic (exact) mass is 389 g/mol. The third-order valence-corrected chi connectivity index (χ3v) is 4.50. The molecule has 0 heterocycles. The highest BCUT2D eigenvalue weighted by Gasteiger charge is 2.07. The number of aryl methyl sites for hydroxylation is 2. The molecule has 0 aliphatic rings. The lowest BCUT2D eigenvalue weighted by Gasteiger charge is -2.11. The molecule has 0 spiro atoms. The normalized spacial score (nSPS) is 10.9. The molecule has 0 atom stereocenters. The van der Waals surface area contributed by atoms with Crippen LogP contribution in [0.3, 0.4) is 0 Å². The SMILES string of the molecule is COc1cc(C=Nc2cc(C)ccc2C)ccc1OCc1ccc(C(=O)O)cc1. The summed E-state index contributed by atoms with van der Waals surface area (Å²) in [5, 5.41) is 8.96. The Labute approximate surface area is 170 Å². The van der Waals surface area contributed by atoms with Crippen LogP contribution in [-0.4, -0.2) is 24.4 Å². The fraction of sp³-hybridized carbons (Fsp3) is 0.167. The molecule has 3 aromatic rings. The van der Waals surface area contributed by atoms with Gasteiger partial charge in [-0.15, -0.1) is 0 Å². The minimum absolute atomic E-state index is 0.249. The molecule has 0 bridgehead atoms. The van der Waals surface area contributed by atoms with Crippen molar-refractivity contribution in [3.8, 4) is 11.5 Å². The molecule has 0 radical (unpaired) electrons. The molecule has 0 amide bonds. The molecule has 0 aromatic heterocycles. The maximum atomic E-state index is 10.9. The smallest absolute Gasteiger partial charge is 0.335 e. The van der Waals surface area contributed by atoms with E-state index >= 15 is 0 Å². The summed E-state index contributed by atoms with van der Waals surface area (Å²) in [6.45, 7) is 4.39. The van der Waals surface area contributed by atoms with Crippen LogP contribution in [0.1, 0.15) is 32.6 Å². The zero-order valence-corrected chi connectivity index (χ0v) is 16.7. The van der Waals surface area contributed by atoms with Gasteiger partial charge >= 0.3 is 5.97 Å². The van der Waals surface area contributed by atoms with Gasteiger partial charge in [0.1, 0.15) is 6.61 Å². The van der Waals surface area contributed by atoms with Crippen LogP contribution in [0.25, 0.3) is 0 Å². The van der Waals surface area contributed by atoms with E-state index in [1.165, 1.54) is 5.56 Å². The third-order valence-electron chi connectivity index (χ3n) is 4.50. The van der Waals surface area contributed by atoms with Crippen LogP contribution in [0.15, 0.2) is 65.7 Å². The number of methoxy groups -OCH3 is 1. The van der Waals surface area contributed by atoms with Crippen LogP contribution >= 0.6 is 0 Å². The predicted octanol–water partition coefficient (Wildman–Crippen LogP) is 5.34. The number of carboxylic acids is 1. The number of ether oxygens (including phenoxy) is 2. The first-order chi connectivity index (χ1) is 14.0. The summed E-state index contributed by atoms with van der Waals surface area (Å²) < 4.78 is 11.3. The third kappa shape index (κ3) is 5.23. The molecule has 148 valence electrons. The van der Waals surface area contributed by atoms with Gasteiger partial charge in [0.05, 0.1) is 18.4 Å². The van der Waals surface area contributed by atoms with Gasteiger partial charge in [0.25, 0.3) is 0 Å². The Hall–Kier alpha value is -3.60. The Balaban J connectivity index is 1.72. The Kier molecular flexibility index (Phi) is 6.29. The van der Waals surface area contributed by atoms with Gasteiger partial charge in [-0.3, -0.25) is 4.99 Å². The van der Waals surface area contributed by atoms with Gasteiger partial charge in [0.2, 0.25) is 0 Å². The van der Waals surface area contributed by atoms with Crippen LogP contribution in [0.5, 0.6) is 11.5 Å². The van der Waals surface area contributed by atoms with E-state index in [-0.39, 0.29) is 5.56 Å². The number of benzene rings is 3. The van der Waals surface area contributed by atoms with Gasteiger partial charge < -0.3 is 14.6 Å². The van der Waals surface area contributed by atoms with E-state index in [4.69, 9.17) is 14.6 Å². The van der Waals surface area contributed by atoms with Crippen molar-refractivity contribution in [1.29, 1.82) is 0 Å². The Morgan fingerprint density at radius 1 is 1.00 bits per heavy atom. The van der Waals surface area contributed by atoms with Crippen molar-refractivity contribution in [1.82, 2.24) is 0 Å². The summed E-state index contributed by atoms with van der Waals surface area (Å²) in [7, 11) is 1.59. The zero-order chi connectivity index (χ0) is 20.8. The fourth-order valence-electron chi connectivity index (χ4n) is 2.79. The van der Waals surface area contributed by atoms with Crippen molar-refractivity contribution >= 4 is 17.9 Å². The molecule has 0 aliphatic heterocycles. The molecule has 29 heavy (non-hydrogen) atoms. The second-order valence-corrected chi connectivity index (χ2v) is 6.75. The fourth-order valence-corrected chi connectivity index (χ4v) is 2.79. The predicted molar refractivity (Wildman–Crippen MR) is 114 cm³/mol. The van der Waals surface area contributed by atoms with E-state index < -0.39 is 5.97 Å². The van der Waals surface area contributed by atoms with Crippen molar-refractivity contribution in [3.05, 3.63) is 88.5 Å². The number of carbonyl (C=O) groups is 1. The van der Waals surface area contributed by atoms with Crippen molar-refractivity contribution < 1.29 is 19.4 Å². The summed E-state index contributed by atoms with van der Waals surface area (Å²) >= 11 is 0.